The normalized spacial score (nSPS) is 14.1. The van der Waals surface area contributed by atoms with Crippen molar-refractivity contribution in [2.75, 3.05) is 20.7 Å². The summed E-state index contributed by atoms with van der Waals surface area (Å²) in [6, 6.07) is 12.7. The average Bonchev–Trinajstić information content (AvgIpc) is 2.98. The molecule has 0 radical (unpaired) electrons. The van der Waals surface area contributed by atoms with Crippen molar-refractivity contribution in [1.29, 1.82) is 0 Å². The molecule has 2 aromatic rings. The molecule has 0 aliphatic carbocycles. The predicted molar refractivity (Wildman–Crippen MR) is 90.0 cm³/mol. The van der Waals surface area contributed by atoms with E-state index in [1.54, 1.807) is 7.11 Å². The van der Waals surface area contributed by atoms with E-state index in [1.165, 1.54) is 10.4 Å². The van der Waals surface area contributed by atoms with Crippen LogP contribution in [0.15, 0.2) is 41.8 Å². The highest BCUT2D eigenvalue weighted by Crippen LogP contribution is 2.26. The minimum atomic E-state index is 0.0606. The number of rotatable bonds is 7. The standard InChI is InChI=1S/C17H24N2OS/c1-13(18)17(14-6-4-7-15(12-14)20-3)19(2)10-9-16-8-5-11-21-16/h4-8,11-13,17H,9-10,18H2,1-3H3. The largest absolute Gasteiger partial charge is 0.497 e. The van der Waals surface area contributed by atoms with Gasteiger partial charge in [0.25, 0.3) is 0 Å². The summed E-state index contributed by atoms with van der Waals surface area (Å²) in [5, 5.41) is 2.13. The van der Waals surface area contributed by atoms with Crippen molar-refractivity contribution in [3.05, 3.63) is 52.2 Å². The van der Waals surface area contributed by atoms with Gasteiger partial charge in [-0.2, -0.15) is 0 Å². The third kappa shape index (κ3) is 4.30. The molecule has 1 heterocycles. The Balaban J connectivity index is 2.09. The van der Waals surface area contributed by atoms with Crippen LogP contribution < -0.4 is 10.5 Å². The average molecular weight is 304 g/mol. The van der Waals surface area contributed by atoms with Crippen molar-refractivity contribution in [1.82, 2.24) is 4.90 Å². The van der Waals surface area contributed by atoms with Crippen LogP contribution in [0.25, 0.3) is 0 Å². The van der Waals surface area contributed by atoms with Gasteiger partial charge < -0.3 is 10.5 Å². The van der Waals surface area contributed by atoms with Crippen LogP contribution in [-0.4, -0.2) is 31.6 Å². The number of nitrogens with two attached hydrogens (primary N) is 1. The first kappa shape index (κ1) is 16.0. The molecule has 0 saturated carbocycles. The minimum Gasteiger partial charge on any atom is -0.497 e. The van der Waals surface area contributed by atoms with Crippen LogP contribution in [0, 0.1) is 0 Å². The van der Waals surface area contributed by atoms with Crippen LogP contribution in [-0.2, 0) is 6.42 Å². The van der Waals surface area contributed by atoms with Crippen molar-refractivity contribution in [2.24, 2.45) is 5.73 Å². The van der Waals surface area contributed by atoms with Crippen LogP contribution in [0.1, 0.15) is 23.4 Å². The summed E-state index contributed by atoms with van der Waals surface area (Å²) < 4.78 is 5.33. The Morgan fingerprint density at radius 1 is 1.29 bits per heavy atom. The molecule has 3 nitrogen and oxygen atoms in total. The Morgan fingerprint density at radius 2 is 2.10 bits per heavy atom. The summed E-state index contributed by atoms with van der Waals surface area (Å²) in [6.45, 7) is 3.05. The molecule has 0 spiro atoms. The van der Waals surface area contributed by atoms with E-state index in [0.717, 1.165) is 18.7 Å². The summed E-state index contributed by atoms with van der Waals surface area (Å²) >= 11 is 1.81. The van der Waals surface area contributed by atoms with Crippen LogP contribution >= 0.6 is 11.3 Å². The molecular weight excluding hydrogens is 280 g/mol. The topological polar surface area (TPSA) is 38.5 Å². The lowest BCUT2D eigenvalue weighted by Crippen LogP contribution is -2.38. The number of hydrogen-bond acceptors (Lipinski definition) is 4. The van der Waals surface area contributed by atoms with Gasteiger partial charge in [-0.15, -0.1) is 11.3 Å². The second kappa shape index (κ2) is 7.59. The molecular formula is C17H24N2OS. The van der Waals surface area contributed by atoms with Crippen molar-refractivity contribution in [3.8, 4) is 5.75 Å². The fourth-order valence-electron chi connectivity index (χ4n) is 2.67. The van der Waals surface area contributed by atoms with Crippen LogP contribution in [0.2, 0.25) is 0 Å². The quantitative estimate of drug-likeness (QED) is 0.853. The van der Waals surface area contributed by atoms with Crippen molar-refractivity contribution < 1.29 is 4.74 Å². The zero-order valence-electron chi connectivity index (χ0n) is 13.0. The number of nitrogens with zero attached hydrogens (tertiary/aromatic N) is 1. The highest BCUT2D eigenvalue weighted by molar-refractivity contribution is 7.09. The fraction of sp³-hybridized carbons (Fsp3) is 0.412. The molecule has 114 valence electrons. The fourth-order valence-corrected chi connectivity index (χ4v) is 3.36. The summed E-state index contributed by atoms with van der Waals surface area (Å²) in [5.74, 6) is 0.879. The van der Waals surface area contributed by atoms with E-state index < -0.39 is 0 Å². The van der Waals surface area contributed by atoms with Gasteiger partial charge in [0.05, 0.1) is 7.11 Å². The van der Waals surface area contributed by atoms with Gasteiger partial charge in [0, 0.05) is 23.5 Å². The van der Waals surface area contributed by atoms with Gasteiger partial charge >= 0.3 is 0 Å². The monoisotopic (exact) mass is 304 g/mol. The molecule has 0 saturated heterocycles. The van der Waals surface area contributed by atoms with Crippen molar-refractivity contribution >= 4 is 11.3 Å². The Labute approximate surface area is 131 Å². The molecule has 1 aromatic carbocycles. The Bertz CT molecular complexity index is 539. The summed E-state index contributed by atoms with van der Waals surface area (Å²) in [7, 11) is 3.83. The van der Waals surface area contributed by atoms with Crippen molar-refractivity contribution in [2.45, 2.75) is 25.4 Å². The maximum Gasteiger partial charge on any atom is 0.119 e. The number of benzene rings is 1. The van der Waals surface area contributed by atoms with Crippen molar-refractivity contribution in [3.63, 3.8) is 0 Å². The number of likely N-dealkylation sites (N-methyl/N-ethyl adjacent to an activating group) is 1. The second-order valence-corrected chi connectivity index (χ2v) is 6.42. The molecule has 4 heteroatoms. The third-order valence-corrected chi connectivity index (χ3v) is 4.64. The molecule has 2 unspecified atom stereocenters. The highest BCUT2D eigenvalue weighted by atomic mass is 32.1. The first-order chi connectivity index (χ1) is 10.1. The van der Waals surface area contributed by atoms with E-state index >= 15 is 0 Å². The minimum absolute atomic E-state index is 0.0606. The number of thiophene rings is 1. The van der Waals surface area contributed by atoms with E-state index in [9.17, 15) is 0 Å². The highest BCUT2D eigenvalue weighted by Gasteiger charge is 2.21. The Morgan fingerprint density at radius 3 is 2.71 bits per heavy atom. The van der Waals surface area contributed by atoms with Gasteiger partial charge in [-0.3, -0.25) is 4.90 Å². The van der Waals surface area contributed by atoms with E-state index in [2.05, 4.69) is 48.5 Å². The van der Waals surface area contributed by atoms with Gasteiger partial charge in [-0.25, -0.2) is 0 Å². The van der Waals surface area contributed by atoms with E-state index in [0.29, 0.717) is 0 Å². The van der Waals surface area contributed by atoms with Gasteiger partial charge in [-0.1, -0.05) is 18.2 Å². The summed E-state index contributed by atoms with van der Waals surface area (Å²) in [5.41, 5.74) is 7.44. The Hall–Kier alpha value is -1.36. The molecule has 0 aliphatic rings. The maximum atomic E-state index is 6.23. The van der Waals surface area contributed by atoms with Crippen LogP contribution in [0.3, 0.4) is 0 Å². The number of methoxy groups -OCH3 is 1. The van der Waals surface area contributed by atoms with E-state index in [-0.39, 0.29) is 12.1 Å². The smallest absolute Gasteiger partial charge is 0.119 e. The zero-order valence-corrected chi connectivity index (χ0v) is 13.8. The molecule has 2 N–H and O–H groups in total. The molecule has 1 aromatic heterocycles. The molecule has 2 rings (SSSR count). The number of hydrogen-bond donors (Lipinski definition) is 1. The van der Waals surface area contributed by atoms with Crippen LogP contribution in [0.5, 0.6) is 5.75 Å². The first-order valence-electron chi connectivity index (χ1n) is 7.24. The number of ether oxygens (including phenoxy) is 1. The first-order valence-corrected chi connectivity index (χ1v) is 8.12. The molecule has 0 aliphatic heterocycles. The third-order valence-electron chi connectivity index (χ3n) is 3.70. The van der Waals surface area contributed by atoms with E-state index in [4.69, 9.17) is 10.5 Å². The van der Waals surface area contributed by atoms with Gasteiger partial charge in [-0.05, 0) is 49.5 Å². The second-order valence-electron chi connectivity index (χ2n) is 5.39. The Kier molecular flexibility index (Phi) is 5.79. The zero-order chi connectivity index (χ0) is 15.2. The summed E-state index contributed by atoms with van der Waals surface area (Å²) in [4.78, 5) is 3.75. The van der Waals surface area contributed by atoms with Gasteiger partial charge in [0.2, 0.25) is 0 Å². The SMILES string of the molecule is COc1cccc(C(C(C)N)N(C)CCc2cccs2)c1. The lowest BCUT2D eigenvalue weighted by Gasteiger charge is -2.31. The molecule has 0 fully saturated rings. The molecule has 0 bridgehead atoms. The molecule has 0 amide bonds. The van der Waals surface area contributed by atoms with Crippen LogP contribution in [0.4, 0.5) is 0 Å². The lowest BCUT2D eigenvalue weighted by atomic mass is 9.99. The van der Waals surface area contributed by atoms with Gasteiger partial charge in [0.15, 0.2) is 0 Å². The van der Waals surface area contributed by atoms with Gasteiger partial charge in [0.1, 0.15) is 5.75 Å². The molecule has 21 heavy (non-hydrogen) atoms. The lowest BCUT2D eigenvalue weighted by molar-refractivity contribution is 0.221. The molecule has 2 atom stereocenters. The van der Waals surface area contributed by atoms with E-state index in [1.807, 2.05) is 23.5 Å². The predicted octanol–water partition coefficient (Wildman–Crippen LogP) is 3.32. The maximum absolute atomic E-state index is 6.23. The summed E-state index contributed by atoms with van der Waals surface area (Å²) in [6.07, 6.45) is 1.06.